The van der Waals surface area contributed by atoms with Crippen molar-refractivity contribution >= 4 is 23.8 Å². The maximum Gasteiger partial charge on any atom is 0.418 e. The molecule has 0 aliphatic heterocycles. The van der Waals surface area contributed by atoms with Crippen LogP contribution in [0.15, 0.2) is 30.3 Å². The topological polar surface area (TPSA) is 140 Å². The summed E-state index contributed by atoms with van der Waals surface area (Å²) < 4.78 is 15.0. The molecular formula is C22H31NO9. The van der Waals surface area contributed by atoms with Crippen LogP contribution in [0.3, 0.4) is 0 Å². The van der Waals surface area contributed by atoms with Gasteiger partial charge in [-0.2, -0.15) is 0 Å². The Kier molecular flexibility index (Phi) is 11.4. The minimum absolute atomic E-state index is 0.0773. The van der Waals surface area contributed by atoms with E-state index in [2.05, 4.69) is 0 Å². The lowest BCUT2D eigenvalue weighted by molar-refractivity contribution is -0.178. The van der Waals surface area contributed by atoms with Crippen molar-refractivity contribution < 1.29 is 43.6 Å². The van der Waals surface area contributed by atoms with E-state index in [1.165, 1.54) is 25.8 Å². The Morgan fingerprint density at radius 2 is 1.69 bits per heavy atom. The number of aliphatic hydroxyl groups is 2. The van der Waals surface area contributed by atoms with Gasteiger partial charge in [0, 0.05) is 26.4 Å². The lowest BCUT2D eigenvalue weighted by Crippen LogP contribution is -2.37. The van der Waals surface area contributed by atoms with Crippen LogP contribution in [0.25, 0.3) is 0 Å². The van der Waals surface area contributed by atoms with Crippen LogP contribution in [0.2, 0.25) is 0 Å². The molecule has 1 aromatic carbocycles. The third-order valence-electron chi connectivity index (χ3n) is 4.32. The Labute approximate surface area is 187 Å². The number of hydrogen-bond acceptors (Lipinski definition) is 9. The van der Waals surface area contributed by atoms with Crippen LogP contribution >= 0.6 is 0 Å². The molecule has 1 atom stereocenters. The van der Waals surface area contributed by atoms with E-state index in [0.717, 1.165) is 0 Å². The molecule has 0 aliphatic rings. The van der Waals surface area contributed by atoms with Crippen LogP contribution in [0.1, 0.15) is 38.7 Å². The first-order valence-corrected chi connectivity index (χ1v) is 10.2. The number of hydrogen-bond donors (Lipinski definition) is 2. The van der Waals surface area contributed by atoms with E-state index in [1.54, 1.807) is 24.3 Å². The average molecular weight is 453 g/mol. The van der Waals surface area contributed by atoms with Crippen molar-refractivity contribution in [2.75, 3.05) is 26.8 Å². The fraction of sp³-hybridized carbons (Fsp3) is 0.545. The van der Waals surface area contributed by atoms with Gasteiger partial charge in [-0.1, -0.05) is 30.3 Å². The molecule has 0 aromatic heterocycles. The predicted molar refractivity (Wildman–Crippen MR) is 112 cm³/mol. The highest BCUT2D eigenvalue weighted by Crippen LogP contribution is 2.18. The van der Waals surface area contributed by atoms with Gasteiger partial charge >= 0.3 is 17.9 Å². The molecule has 0 spiro atoms. The number of nitrogens with zero attached hydrogens (tertiary/aromatic N) is 1. The molecule has 1 aromatic rings. The van der Waals surface area contributed by atoms with Crippen molar-refractivity contribution in [2.45, 2.75) is 51.4 Å². The third-order valence-corrected chi connectivity index (χ3v) is 4.32. The molecule has 10 heteroatoms. The Balaban J connectivity index is 2.34. The molecule has 0 bridgehead atoms. The van der Waals surface area contributed by atoms with Crippen LogP contribution in [0.4, 0.5) is 0 Å². The predicted octanol–water partition coefficient (Wildman–Crippen LogP) is 0.577. The van der Waals surface area contributed by atoms with Gasteiger partial charge in [0.2, 0.25) is 5.91 Å². The van der Waals surface area contributed by atoms with Crippen LogP contribution in [-0.4, -0.2) is 77.4 Å². The Morgan fingerprint density at radius 3 is 2.31 bits per heavy atom. The molecule has 0 saturated heterocycles. The molecule has 0 aliphatic carbocycles. The molecule has 1 rings (SSSR count). The van der Waals surface area contributed by atoms with Gasteiger partial charge in [0.25, 0.3) is 0 Å². The monoisotopic (exact) mass is 453 g/mol. The summed E-state index contributed by atoms with van der Waals surface area (Å²) in [6, 6.07) is 8.83. The molecule has 1 unspecified atom stereocenters. The van der Waals surface area contributed by atoms with Crippen molar-refractivity contribution in [3.63, 3.8) is 0 Å². The van der Waals surface area contributed by atoms with E-state index < -0.39 is 29.6 Å². The Bertz CT molecular complexity index is 764. The molecule has 10 nitrogen and oxygen atoms in total. The number of benzene rings is 1. The number of likely N-dealkylation sites (N-methyl/N-ethyl adjacent to an activating group) is 1. The van der Waals surface area contributed by atoms with E-state index in [-0.39, 0.29) is 51.5 Å². The van der Waals surface area contributed by atoms with E-state index in [1.807, 2.05) is 6.07 Å². The molecule has 1 amide bonds. The van der Waals surface area contributed by atoms with Gasteiger partial charge in [-0.05, 0) is 19.4 Å². The van der Waals surface area contributed by atoms with Gasteiger partial charge in [0.05, 0.1) is 19.1 Å². The van der Waals surface area contributed by atoms with Crippen molar-refractivity contribution in [2.24, 2.45) is 0 Å². The van der Waals surface area contributed by atoms with Crippen molar-refractivity contribution in [3.05, 3.63) is 35.9 Å². The molecule has 0 saturated carbocycles. The van der Waals surface area contributed by atoms with E-state index in [4.69, 9.17) is 19.3 Å². The highest BCUT2D eigenvalue weighted by molar-refractivity contribution is 6.29. The fourth-order valence-corrected chi connectivity index (χ4v) is 2.68. The minimum atomic E-state index is -1.22. The van der Waals surface area contributed by atoms with Gasteiger partial charge < -0.3 is 29.3 Å². The van der Waals surface area contributed by atoms with E-state index in [0.29, 0.717) is 5.56 Å². The van der Waals surface area contributed by atoms with Gasteiger partial charge in [0.15, 0.2) is 0 Å². The summed E-state index contributed by atoms with van der Waals surface area (Å²) in [4.78, 5) is 48.6. The summed E-state index contributed by atoms with van der Waals surface area (Å²) in [6.45, 7) is 2.54. The van der Waals surface area contributed by atoms with Crippen LogP contribution in [0.5, 0.6) is 0 Å². The van der Waals surface area contributed by atoms with Gasteiger partial charge in [0.1, 0.15) is 18.8 Å². The zero-order valence-electron chi connectivity index (χ0n) is 18.6. The number of esters is 3. The first kappa shape index (κ1) is 27.1. The summed E-state index contributed by atoms with van der Waals surface area (Å²) in [5, 5.41) is 18.9. The standard InChI is InChI=1S/C22H31NO9/c1-22(2,32-21(29)20(28)31-14-16-7-5-4-6-8-16)13-17(25)15-30-19(27)10-9-18(26)23(3)11-12-24/h4-8,17,24-25H,9-15H2,1-3H3. The second kappa shape index (κ2) is 13.4. The van der Waals surface area contributed by atoms with Crippen molar-refractivity contribution in [1.82, 2.24) is 4.90 Å². The van der Waals surface area contributed by atoms with E-state index >= 15 is 0 Å². The largest absolute Gasteiger partial charge is 0.463 e. The third kappa shape index (κ3) is 10.9. The molecule has 0 fully saturated rings. The zero-order valence-corrected chi connectivity index (χ0v) is 18.6. The summed E-state index contributed by atoms with van der Waals surface area (Å²) >= 11 is 0. The SMILES string of the molecule is CN(CCO)C(=O)CCC(=O)OCC(O)CC(C)(C)OC(=O)C(=O)OCc1ccccc1. The number of ether oxygens (including phenoxy) is 3. The first-order chi connectivity index (χ1) is 15.0. The quantitative estimate of drug-likeness (QED) is 0.264. The lowest BCUT2D eigenvalue weighted by atomic mass is 10.0. The summed E-state index contributed by atoms with van der Waals surface area (Å²) in [7, 11) is 1.51. The normalized spacial score (nSPS) is 11.9. The van der Waals surface area contributed by atoms with Gasteiger partial charge in [-0.3, -0.25) is 9.59 Å². The molecule has 0 heterocycles. The molecular weight excluding hydrogens is 422 g/mol. The smallest absolute Gasteiger partial charge is 0.418 e. The second-order valence-electron chi connectivity index (χ2n) is 7.79. The number of carbonyl (C=O) groups excluding carboxylic acids is 4. The molecule has 178 valence electrons. The number of amides is 1. The summed E-state index contributed by atoms with van der Waals surface area (Å²) in [5.41, 5.74) is -0.510. The first-order valence-electron chi connectivity index (χ1n) is 10.2. The fourth-order valence-electron chi connectivity index (χ4n) is 2.68. The summed E-state index contributed by atoms with van der Waals surface area (Å²) in [6.07, 6.45) is -1.52. The van der Waals surface area contributed by atoms with Crippen LogP contribution < -0.4 is 0 Å². The Hall–Kier alpha value is -2.98. The molecule has 32 heavy (non-hydrogen) atoms. The zero-order chi connectivity index (χ0) is 24.1. The second-order valence-corrected chi connectivity index (χ2v) is 7.79. The Morgan fingerprint density at radius 1 is 1.03 bits per heavy atom. The number of aliphatic hydroxyl groups excluding tert-OH is 2. The van der Waals surface area contributed by atoms with Crippen LogP contribution in [0, 0.1) is 0 Å². The van der Waals surface area contributed by atoms with Gasteiger partial charge in [-0.25, -0.2) is 9.59 Å². The van der Waals surface area contributed by atoms with Crippen molar-refractivity contribution in [3.8, 4) is 0 Å². The molecule has 0 radical (unpaired) electrons. The van der Waals surface area contributed by atoms with Crippen molar-refractivity contribution in [1.29, 1.82) is 0 Å². The van der Waals surface area contributed by atoms with E-state index in [9.17, 15) is 24.3 Å². The minimum Gasteiger partial charge on any atom is -0.463 e. The highest BCUT2D eigenvalue weighted by atomic mass is 16.6. The number of carbonyl (C=O) groups is 4. The summed E-state index contributed by atoms with van der Waals surface area (Å²) in [5.74, 6) is -3.34. The average Bonchev–Trinajstić information content (AvgIpc) is 2.74. The number of rotatable bonds is 12. The van der Waals surface area contributed by atoms with Gasteiger partial charge in [-0.15, -0.1) is 0 Å². The maximum atomic E-state index is 12.0. The maximum absolute atomic E-state index is 12.0. The van der Waals surface area contributed by atoms with Crippen LogP contribution in [-0.2, 0) is 40.0 Å². The lowest BCUT2D eigenvalue weighted by Gasteiger charge is -2.27. The molecule has 2 N–H and O–H groups in total. The highest BCUT2D eigenvalue weighted by Gasteiger charge is 2.31.